The molecular weight excluding hydrogens is 246 g/mol. The maximum Gasteiger partial charge on any atom is 0.373 e. The second-order valence-electron chi connectivity index (χ2n) is 4.89. The zero-order valence-electron chi connectivity index (χ0n) is 11.3. The van der Waals surface area contributed by atoms with E-state index >= 15 is 0 Å². The predicted octanol–water partition coefficient (Wildman–Crippen LogP) is 1.80. The molecular formula is C14H21NO4. The van der Waals surface area contributed by atoms with Gasteiger partial charge in [0.1, 0.15) is 5.76 Å². The van der Waals surface area contributed by atoms with Crippen molar-refractivity contribution < 1.29 is 19.1 Å². The third-order valence-electron chi connectivity index (χ3n) is 3.60. The van der Waals surface area contributed by atoms with Gasteiger partial charge in [-0.15, -0.1) is 0 Å². The SMILES string of the molecule is COC(=O)c1ccc(CN(CCCO)C2CCC2)o1. The molecule has 106 valence electrons. The van der Waals surface area contributed by atoms with Crippen molar-refractivity contribution in [1.82, 2.24) is 4.90 Å². The van der Waals surface area contributed by atoms with Gasteiger partial charge in [0, 0.05) is 19.2 Å². The number of hydrogen-bond donors (Lipinski definition) is 1. The van der Waals surface area contributed by atoms with E-state index in [0.29, 0.717) is 12.6 Å². The monoisotopic (exact) mass is 267 g/mol. The van der Waals surface area contributed by atoms with E-state index in [0.717, 1.165) is 18.7 Å². The second-order valence-corrected chi connectivity index (χ2v) is 4.89. The van der Waals surface area contributed by atoms with Gasteiger partial charge >= 0.3 is 5.97 Å². The van der Waals surface area contributed by atoms with Crippen LogP contribution >= 0.6 is 0 Å². The third kappa shape index (κ3) is 3.58. The fourth-order valence-electron chi connectivity index (χ4n) is 2.29. The molecule has 0 bridgehead atoms. The van der Waals surface area contributed by atoms with E-state index in [-0.39, 0.29) is 12.4 Å². The van der Waals surface area contributed by atoms with Crippen LogP contribution in [0.15, 0.2) is 16.5 Å². The van der Waals surface area contributed by atoms with Crippen molar-refractivity contribution >= 4 is 5.97 Å². The highest BCUT2D eigenvalue weighted by Crippen LogP contribution is 2.26. The van der Waals surface area contributed by atoms with Crippen LogP contribution in [0.1, 0.15) is 42.0 Å². The van der Waals surface area contributed by atoms with Gasteiger partial charge in [0.15, 0.2) is 0 Å². The summed E-state index contributed by atoms with van der Waals surface area (Å²) in [5.74, 6) is 0.565. The lowest BCUT2D eigenvalue weighted by molar-refractivity contribution is 0.0556. The molecule has 0 aliphatic heterocycles. The number of nitrogens with zero attached hydrogens (tertiary/aromatic N) is 1. The number of aliphatic hydroxyl groups is 1. The fraction of sp³-hybridized carbons (Fsp3) is 0.643. The Kier molecular flexibility index (Phi) is 4.99. The first kappa shape index (κ1) is 14.1. The molecule has 1 aliphatic carbocycles. The lowest BCUT2D eigenvalue weighted by Crippen LogP contribution is -2.40. The Bertz CT molecular complexity index is 411. The minimum Gasteiger partial charge on any atom is -0.463 e. The Morgan fingerprint density at radius 3 is 2.89 bits per heavy atom. The van der Waals surface area contributed by atoms with Gasteiger partial charge < -0.3 is 14.3 Å². The van der Waals surface area contributed by atoms with Crippen LogP contribution in [0, 0.1) is 0 Å². The molecule has 0 amide bonds. The molecule has 0 atom stereocenters. The molecule has 1 saturated carbocycles. The largest absolute Gasteiger partial charge is 0.463 e. The van der Waals surface area contributed by atoms with Crippen molar-refractivity contribution in [2.75, 3.05) is 20.3 Å². The molecule has 0 unspecified atom stereocenters. The summed E-state index contributed by atoms with van der Waals surface area (Å²) in [6.45, 7) is 1.74. The molecule has 1 N–H and O–H groups in total. The number of carbonyl (C=O) groups excluding carboxylic acids is 1. The maximum atomic E-state index is 11.3. The number of ether oxygens (including phenoxy) is 1. The summed E-state index contributed by atoms with van der Waals surface area (Å²) in [6, 6.07) is 4.04. The van der Waals surface area contributed by atoms with Crippen molar-refractivity contribution in [2.45, 2.75) is 38.3 Å². The van der Waals surface area contributed by atoms with Crippen molar-refractivity contribution in [3.8, 4) is 0 Å². The number of methoxy groups -OCH3 is 1. The Balaban J connectivity index is 1.95. The van der Waals surface area contributed by atoms with Crippen LogP contribution in [0.3, 0.4) is 0 Å². The summed E-state index contributed by atoms with van der Waals surface area (Å²) in [4.78, 5) is 13.6. The van der Waals surface area contributed by atoms with Crippen LogP contribution in [0.25, 0.3) is 0 Å². The van der Waals surface area contributed by atoms with E-state index in [1.54, 1.807) is 6.07 Å². The first-order valence-corrected chi connectivity index (χ1v) is 6.76. The molecule has 1 heterocycles. The van der Waals surface area contributed by atoms with Crippen molar-refractivity contribution in [2.24, 2.45) is 0 Å². The number of aliphatic hydroxyl groups excluding tert-OH is 1. The number of carbonyl (C=O) groups is 1. The van der Waals surface area contributed by atoms with Crippen LogP contribution in [0.5, 0.6) is 0 Å². The Hall–Kier alpha value is -1.33. The summed E-state index contributed by atoms with van der Waals surface area (Å²) in [6.07, 6.45) is 4.44. The molecule has 0 spiro atoms. The quantitative estimate of drug-likeness (QED) is 0.763. The lowest BCUT2D eigenvalue weighted by Gasteiger charge is -2.37. The minimum atomic E-state index is -0.447. The van der Waals surface area contributed by atoms with Crippen LogP contribution in [-0.4, -0.2) is 42.3 Å². The zero-order valence-corrected chi connectivity index (χ0v) is 11.3. The van der Waals surface area contributed by atoms with Gasteiger partial charge in [0.25, 0.3) is 0 Å². The number of furan rings is 1. The summed E-state index contributed by atoms with van der Waals surface area (Å²) < 4.78 is 10.1. The molecule has 0 aromatic carbocycles. The smallest absolute Gasteiger partial charge is 0.373 e. The van der Waals surface area contributed by atoms with Gasteiger partial charge in [-0.3, -0.25) is 4.90 Å². The number of esters is 1. The first-order chi connectivity index (χ1) is 9.24. The average molecular weight is 267 g/mol. The maximum absolute atomic E-state index is 11.3. The standard InChI is InChI=1S/C14H21NO4/c1-18-14(17)13-7-6-12(19-13)10-15(8-3-9-16)11-4-2-5-11/h6-7,11,16H,2-5,8-10H2,1H3. The molecule has 0 saturated heterocycles. The zero-order chi connectivity index (χ0) is 13.7. The number of hydrogen-bond acceptors (Lipinski definition) is 5. The van der Waals surface area contributed by atoms with E-state index < -0.39 is 5.97 Å². The van der Waals surface area contributed by atoms with Gasteiger partial charge in [0.2, 0.25) is 5.76 Å². The third-order valence-corrected chi connectivity index (χ3v) is 3.60. The molecule has 1 aliphatic rings. The van der Waals surface area contributed by atoms with Crippen LogP contribution in [-0.2, 0) is 11.3 Å². The van der Waals surface area contributed by atoms with Gasteiger partial charge in [-0.1, -0.05) is 6.42 Å². The predicted molar refractivity (Wildman–Crippen MR) is 69.8 cm³/mol. The van der Waals surface area contributed by atoms with Gasteiger partial charge in [-0.05, 0) is 31.4 Å². The normalized spacial score (nSPS) is 15.5. The van der Waals surface area contributed by atoms with E-state index in [1.165, 1.54) is 26.4 Å². The van der Waals surface area contributed by atoms with E-state index in [2.05, 4.69) is 9.64 Å². The Morgan fingerprint density at radius 1 is 1.53 bits per heavy atom. The van der Waals surface area contributed by atoms with E-state index in [9.17, 15) is 4.79 Å². The van der Waals surface area contributed by atoms with Crippen LogP contribution in [0.4, 0.5) is 0 Å². The molecule has 0 radical (unpaired) electrons. The summed E-state index contributed by atoms with van der Waals surface area (Å²) in [5, 5.41) is 8.95. The fourth-order valence-corrected chi connectivity index (χ4v) is 2.29. The van der Waals surface area contributed by atoms with Crippen LogP contribution in [0.2, 0.25) is 0 Å². The van der Waals surface area contributed by atoms with Crippen LogP contribution < -0.4 is 0 Å². The molecule has 1 aromatic heterocycles. The Morgan fingerprint density at radius 2 is 2.32 bits per heavy atom. The lowest BCUT2D eigenvalue weighted by atomic mass is 9.91. The molecule has 19 heavy (non-hydrogen) atoms. The molecule has 5 nitrogen and oxygen atoms in total. The van der Waals surface area contributed by atoms with E-state index in [4.69, 9.17) is 9.52 Å². The van der Waals surface area contributed by atoms with Gasteiger partial charge in [0.05, 0.1) is 13.7 Å². The minimum absolute atomic E-state index is 0.203. The Labute approximate surface area is 113 Å². The topological polar surface area (TPSA) is 62.9 Å². The highest BCUT2D eigenvalue weighted by atomic mass is 16.5. The van der Waals surface area contributed by atoms with Gasteiger partial charge in [-0.2, -0.15) is 0 Å². The second kappa shape index (κ2) is 6.73. The highest BCUT2D eigenvalue weighted by Gasteiger charge is 2.25. The first-order valence-electron chi connectivity index (χ1n) is 6.76. The molecule has 1 aromatic rings. The summed E-state index contributed by atoms with van der Waals surface area (Å²) >= 11 is 0. The summed E-state index contributed by atoms with van der Waals surface area (Å²) in [5.41, 5.74) is 0. The van der Waals surface area contributed by atoms with Crippen molar-refractivity contribution in [3.63, 3.8) is 0 Å². The molecule has 5 heteroatoms. The number of rotatable bonds is 7. The highest BCUT2D eigenvalue weighted by molar-refractivity contribution is 5.86. The van der Waals surface area contributed by atoms with Gasteiger partial charge in [-0.25, -0.2) is 4.79 Å². The summed E-state index contributed by atoms with van der Waals surface area (Å²) in [7, 11) is 1.34. The van der Waals surface area contributed by atoms with E-state index in [1.807, 2.05) is 6.07 Å². The van der Waals surface area contributed by atoms with Crippen molar-refractivity contribution in [1.29, 1.82) is 0 Å². The van der Waals surface area contributed by atoms with Crippen molar-refractivity contribution in [3.05, 3.63) is 23.7 Å². The molecule has 2 rings (SSSR count). The average Bonchev–Trinajstić information content (AvgIpc) is 2.81. The molecule has 1 fully saturated rings.